The fraction of sp³-hybridized carbons (Fsp3) is 0.172. The average Bonchev–Trinajstić information content (AvgIpc) is 2.89. The lowest BCUT2D eigenvalue weighted by Crippen LogP contribution is -2.57. The summed E-state index contributed by atoms with van der Waals surface area (Å²) in [6, 6.07) is 22.2. The van der Waals surface area contributed by atoms with Gasteiger partial charge in [0.1, 0.15) is 16.8 Å². The normalized spacial score (nSPS) is 18.1. The van der Waals surface area contributed by atoms with Crippen LogP contribution in [0.15, 0.2) is 91.3 Å². The van der Waals surface area contributed by atoms with Gasteiger partial charge in [-0.25, -0.2) is 4.39 Å². The van der Waals surface area contributed by atoms with E-state index in [0.717, 1.165) is 27.9 Å². The number of amides is 1. The molecule has 1 fully saturated rings. The van der Waals surface area contributed by atoms with Crippen LogP contribution in [0.3, 0.4) is 0 Å². The summed E-state index contributed by atoms with van der Waals surface area (Å²) in [5.41, 5.74) is 5.38. The van der Waals surface area contributed by atoms with Crippen LogP contribution >= 0.6 is 11.8 Å². The summed E-state index contributed by atoms with van der Waals surface area (Å²) in [7, 11) is 0. The molecule has 1 aliphatic rings. The standard InChI is InChI=1S/C29H25FN2O3S/c1-18-15-23(10-13-25(18)21-3-2-14-31-16-21)32-27(20-6-11-24(33)12-7-20)28(29(32)35)36-17-26(34)19-4-8-22(30)9-5-19/h2-16,26-28,33-34H,17H2,1H3/t26-,27-,28-/m1/s1. The zero-order chi connectivity index (χ0) is 25.2. The van der Waals surface area contributed by atoms with Crippen LogP contribution in [0.25, 0.3) is 11.1 Å². The lowest BCUT2D eigenvalue weighted by molar-refractivity contribution is -0.123. The molecule has 5 rings (SSSR count). The zero-order valence-corrected chi connectivity index (χ0v) is 20.4. The Morgan fingerprint density at radius 1 is 1.06 bits per heavy atom. The summed E-state index contributed by atoms with van der Waals surface area (Å²) in [5, 5.41) is 20.0. The number of β-lactam (4-membered cyclic amide) rings is 1. The fourth-order valence-electron chi connectivity index (χ4n) is 4.53. The van der Waals surface area contributed by atoms with E-state index in [4.69, 9.17) is 0 Å². The van der Waals surface area contributed by atoms with Crippen molar-refractivity contribution < 1.29 is 19.4 Å². The first kappa shape index (κ1) is 24.0. The van der Waals surface area contributed by atoms with Crippen LogP contribution in [-0.2, 0) is 4.79 Å². The van der Waals surface area contributed by atoms with Gasteiger partial charge in [-0.1, -0.05) is 36.4 Å². The van der Waals surface area contributed by atoms with Crippen LogP contribution in [0, 0.1) is 12.7 Å². The molecule has 5 nitrogen and oxygen atoms in total. The largest absolute Gasteiger partial charge is 0.508 e. The van der Waals surface area contributed by atoms with Crippen molar-refractivity contribution in [3.05, 3.63) is 114 Å². The summed E-state index contributed by atoms with van der Waals surface area (Å²) in [6.45, 7) is 2.01. The number of phenolic OH excluding ortho intramolecular Hbond substituents is 1. The number of carbonyl (C=O) groups excluding carboxylic acids is 1. The quantitative estimate of drug-likeness (QED) is 0.313. The maximum Gasteiger partial charge on any atom is 0.243 e. The van der Waals surface area contributed by atoms with Crippen molar-refractivity contribution in [2.24, 2.45) is 0 Å². The van der Waals surface area contributed by atoms with Gasteiger partial charge in [0.2, 0.25) is 5.91 Å². The molecule has 0 bridgehead atoms. The molecule has 1 aromatic heterocycles. The third kappa shape index (κ3) is 4.72. The van der Waals surface area contributed by atoms with Crippen molar-refractivity contribution in [1.29, 1.82) is 0 Å². The highest BCUT2D eigenvalue weighted by Gasteiger charge is 2.49. The molecular weight excluding hydrogens is 475 g/mol. The Hall–Kier alpha value is -3.68. The van der Waals surface area contributed by atoms with Gasteiger partial charge in [0, 0.05) is 29.4 Å². The van der Waals surface area contributed by atoms with E-state index in [1.807, 2.05) is 55.6 Å². The number of aromatic nitrogens is 1. The van der Waals surface area contributed by atoms with Crippen molar-refractivity contribution in [2.45, 2.75) is 24.3 Å². The fourth-order valence-corrected chi connectivity index (χ4v) is 5.83. The number of aliphatic hydroxyl groups excluding tert-OH is 1. The topological polar surface area (TPSA) is 73.7 Å². The molecule has 182 valence electrons. The van der Waals surface area contributed by atoms with Crippen LogP contribution in [0.1, 0.15) is 28.8 Å². The van der Waals surface area contributed by atoms with E-state index in [9.17, 15) is 19.4 Å². The molecule has 0 radical (unpaired) electrons. The number of aryl methyl sites for hydroxylation is 1. The minimum Gasteiger partial charge on any atom is -0.508 e. The predicted molar refractivity (Wildman–Crippen MR) is 140 cm³/mol. The van der Waals surface area contributed by atoms with E-state index in [2.05, 4.69) is 4.98 Å². The number of anilines is 1. The minimum atomic E-state index is -0.820. The summed E-state index contributed by atoms with van der Waals surface area (Å²) in [6.07, 6.45) is 2.73. The number of pyridine rings is 1. The molecule has 1 saturated heterocycles. The molecule has 2 N–H and O–H groups in total. The highest BCUT2D eigenvalue weighted by atomic mass is 32.2. The van der Waals surface area contributed by atoms with Gasteiger partial charge in [-0.3, -0.25) is 9.78 Å². The monoisotopic (exact) mass is 500 g/mol. The maximum absolute atomic E-state index is 13.4. The van der Waals surface area contributed by atoms with E-state index in [1.54, 1.807) is 35.4 Å². The second-order valence-electron chi connectivity index (χ2n) is 8.81. The zero-order valence-electron chi connectivity index (χ0n) is 19.6. The lowest BCUT2D eigenvalue weighted by atomic mass is 9.91. The lowest BCUT2D eigenvalue weighted by Gasteiger charge is -2.47. The van der Waals surface area contributed by atoms with Gasteiger partial charge >= 0.3 is 0 Å². The van der Waals surface area contributed by atoms with Crippen molar-refractivity contribution >= 4 is 23.4 Å². The molecule has 0 spiro atoms. The summed E-state index contributed by atoms with van der Waals surface area (Å²) in [5.74, 6) is 0.0470. The molecule has 0 saturated carbocycles. The Kier molecular flexibility index (Phi) is 6.76. The number of thioether (sulfide) groups is 1. The molecular formula is C29H25FN2O3S. The molecule has 0 aliphatic carbocycles. The van der Waals surface area contributed by atoms with E-state index >= 15 is 0 Å². The molecule has 1 amide bonds. The van der Waals surface area contributed by atoms with Crippen molar-refractivity contribution in [3.63, 3.8) is 0 Å². The smallest absolute Gasteiger partial charge is 0.243 e. The van der Waals surface area contributed by atoms with E-state index in [-0.39, 0.29) is 23.5 Å². The van der Waals surface area contributed by atoms with Gasteiger partial charge in [0.25, 0.3) is 0 Å². The molecule has 3 aromatic carbocycles. The Bertz CT molecular complexity index is 1360. The number of halogens is 1. The summed E-state index contributed by atoms with van der Waals surface area (Å²) in [4.78, 5) is 19.4. The average molecular weight is 501 g/mol. The van der Waals surface area contributed by atoms with Gasteiger partial charge in [-0.2, -0.15) is 0 Å². The number of hydrogen-bond donors (Lipinski definition) is 2. The third-order valence-electron chi connectivity index (χ3n) is 6.43. The van der Waals surface area contributed by atoms with Crippen LogP contribution in [0.2, 0.25) is 0 Å². The third-order valence-corrected chi connectivity index (χ3v) is 7.76. The van der Waals surface area contributed by atoms with Crippen LogP contribution < -0.4 is 4.90 Å². The van der Waals surface area contributed by atoms with Gasteiger partial charge < -0.3 is 15.1 Å². The van der Waals surface area contributed by atoms with Crippen molar-refractivity contribution in [1.82, 2.24) is 4.98 Å². The van der Waals surface area contributed by atoms with Crippen LogP contribution in [0.4, 0.5) is 10.1 Å². The highest BCUT2D eigenvalue weighted by molar-refractivity contribution is 8.00. The van der Waals surface area contributed by atoms with Gasteiger partial charge in [-0.05, 0) is 71.6 Å². The molecule has 3 atom stereocenters. The van der Waals surface area contributed by atoms with E-state index < -0.39 is 11.4 Å². The number of rotatable bonds is 7. The predicted octanol–water partition coefficient (Wildman–Crippen LogP) is 5.83. The molecule has 2 heterocycles. The Morgan fingerprint density at radius 2 is 1.81 bits per heavy atom. The first-order valence-corrected chi connectivity index (χ1v) is 12.7. The number of aliphatic hydroxyl groups is 1. The first-order valence-electron chi connectivity index (χ1n) is 11.6. The highest BCUT2D eigenvalue weighted by Crippen LogP contribution is 2.46. The molecule has 7 heteroatoms. The second kappa shape index (κ2) is 10.1. The molecule has 4 aromatic rings. The molecule has 1 aliphatic heterocycles. The van der Waals surface area contributed by atoms with Gasteiger partial charge in [0.05, 0.1) is 12.1 Å². The number of aromatic hydroxyl groups is 1. The molecule has 36 heavy (non-hydrogen) atoms. The number of benzene rings is 3. The first-order chi connectivity index (χ1) is 17.4. The SMILES string of the molecule is Cc1cc(N2C(=O)[C@H](SC[C@@H](O)c3ccc(F)cc3)[C@H]2c2ccc(O)cc2)ccc1-c1cccnc1. The van der Waals surface area contributed by atoms with E-state index in [1.165, 1.54) is 23.9 Å². The van der Waals surface area contributed by atoms with Gasteiger partial charge in [0.15, 0.2) is 0 Å². The number of carbonyl (C=O) groups is 1. The summed E-state index contributed by atoms with van der Waals surface area (Å²) < 4.78 is 13.2. The van der Waals surface area contributed by atoms with Crippen molar-refractivity contribution in [2.75, 3.05) is 10.7 Å². The Labute approximate surface area is 213 Å². The molecule has 0 unspecified atom stereocenters. The summed E-state index contributed by atoms with van der Waals surface area (Å²) >= 11 is 1.38. The van der Waals surface area contributed by atoms with Crippen LogP contribution in [-0.4, -0.2) is 32.1 Å². The van der Waals surface area contributed by atoms with Crippen molar-refractivity contribution in [3.8, 4) is 16.9 Å². The number of nitrogens with zero attached hydrogens (tertiary/aromatic N) is 2. The maximum atomic E-state index is 13.4. The Morgan fingerprint density at radius 3 is 2.47 bits per heavy atom. The Balaban J connectivity index is 1.40. The minimum absolute atomic E-state index is 0.0436. The van der Waals surface area contributed by atoms with E-state index in [0.29, 0.717) is 11.3 Å². The number of phenols is 1. The van der Waals surface area contributed by atoms with Crippen LogP contribution in [0.5, 0.6) is 5.75 Å². The van der Waals surface area contributed by atoms with Gasteiger partial charge in [-0.15, -0.1) is 11.8 Å². The second-order valence-corrected chi connectivity index (χ2v) is 9.98. The number of hydrogen-bond acceptors (Lipinski definition) is 5.